The van der Waals surface area contributed by atoms with Crippen LogP contribution < -0.4 is 5.32 Å². The molecule has 4 rings (SSSR count). The van der Waals surface area contributed by atoms with E-state index in [2.05, 4.69) is 39.1 Å². The van der Waals surface area contributed by atoms with Gasteiger partial charge in [-0.05, 0) is 29.9 Å². The summed E-state index contributed by atoms with van der Waals surface area (Å²) in [6.07, 6.45) is 7.72. The molecule has 1 aromatic heterocycles. The Morgan fingerprint density at radius 3 is 2.14 bits per heavy atom. The Morgan fingerprint density at radius 2 is 1.61 bits per heavy atom. The zero-order chi connectivity index (χ0) is 19.2. The van der Waals surface area contributed by atoms with E-state index in [9.17, 15) is 4.79 Å². The van der Waals surface area contributed by atoms with Crippen molar-refractivity contribution < 1.29 is 4.79 Å². The van der Waals surface area contributed by atoms with Crippen LogP contribution in [0, 0.1) is 5.92 Å². The number of carbonyl (C=O) groups is 1. The molecule has 28 heavy (non-hydrogen) atoms. The van der Waals surface area contributed by atoms with E-state index in [4.69, 9.17) is 0 Å². The Labute approximate surface area is 166 Å². The van der Waals surface area contributed by atoms with Gasteiger partial charge in [0.2, 0.25) is 0 Å². The monoisotopic (exact) mass is 374 g/mol. The molecule has 1 fully saturated rings. The summed E-state index contributed by atoms with van der Waals surface area (Å²) in [6, 6.07) is 20.2. The zero-order valence-electron chi connectivity index (χ0n) is 15.9. The standard InChI is InChI=1S/C23H26N4O/c28-23(27-14-11-19(12-15-27)17-26-16-13-24-18-26)25-22(20-7-3-1-4-8-20)21-9-5-2-6-10-21/h1-10,13,16,18-19,22H,11-12,14-15,17H2,(H,25,28). The number of hydrogen-bond acceptors (Lipinski definition) is 2. The molecule has 1 N–H and O–H groups in total. The van der Waals surface area contributed by atoms with Gasteiger partial charge in [-0.3, -0.25) is 0 Å². The molecule has 0 spiro atoms. The number of aromatic nitrogens is 2. The quantitative estimate of drug-likeness (QED) is 0.731. The van der Waals surface area contributed by atoms with Crippen LogP contribution in [-0.4, -0.2) is 33.6 Å². The van der Waals surface area contributed by atoms with Crippen LogP contribution in [-0.2, 0) is 6.54 Å². The molecular formula is C23H26N4O. The van der Waals surface area contributed by atoms with Gasteiger partial charge >= 0.3 is 6.03 Å². The van der Waals surface area contributed by atoms with Crippen LogP contribution in [0.1, 0.15) is 30.0 Å². The van der Waals surface area contributed by atoms with Crippen LogP contribution in [0.2, 0.25) is 0 Å². The van der Waals surface area contributed by atoms with Gasteiger partial charge in [0, 0.05) is 32.0 Å². The van der Waals surface area contributed by atoms with E-state index in [0.717, 1.165) is 43.6 Å². The molecule has 1 aliphatic rings. The van der Waals surface area contributed by atoms with Crippen molar-refractivity contribution in [1.82, 2.24) is 19.8 Å². The van der Waals surface area contributed by atoms with Crippen molar-refractivity contribution in [3.8, 4) is 0 Å². The molecule has 0 bridgehead atoms. The molecule has 5 heteroatoms. The summed E-state index contributed by atoms with van der Waals surface area (Å²) in [5.74, 6) is 0.595. The molecule has 1 saturated heterocycles. The van der Waals surface area contributed by atoms with E-state index < -0.39 is 0 Å². The van der Waals surface area contributed by atoms with Gasteiger partial charge in [-0.25, -0.2) is 9.78 Å². The summed E-state index contributed by atoms with van der Waals surface area (Å²) in [5.41, 5.74) is 2.19. The Hall–Kier alpha value is -3.08. The van der Waals surface area contributed by atoms with Crippen molar-refractivity contribution in [3.05, 3.63) is 90.5 Å². The normalized spacial score (nSPS) is 15.0. The summed E-state index contributed by atoms with van der Waals surface area (Å²) >= 11 is 0. The third-order valence-electron chi connectivity index (χ3n) is 5.46. The SMILES string of the molecule is O=C(NC(c1ccccc1)c1ccccc1)N1CCC(Cn2ccnc2)CC1. The van der Waals surface area contributed by atoms with E-state index >= 15 is 0 Å². The molecule has 0 saturated carbocycles. The highest BCUT2D eigenvalue weighted by Gasteiger charge is 2.25. The van der Waals surface area contributed by atoms with Crippen molar-refractivity contribution in [2.24, 2.45) is 5.92 Å². The van der Waals surface area contributed by atoms with Crippen LogP contribution in [0.3, 0.4) is 0 Å². The van der Waals surface area contributed by atoms with E-state index in [0.29, 0.717) is 5.92 Å². The lowest BCUT2D eigenvalue weighted by molar-refractivity contribution is 0.163. The second-order valence-corrected chi connectivity index (χ2v) is 7.39. The molecule has 0 aliphatic carbocycles. The second kappa shape index (κ2) is 8.74. The predicted molar refractivity (Wildman–Crippen MR) is 110 cm³/mol. The van der Waals surface area contributed by atoms with Gasteiger partial charge in [-0.2, -0.15) is 0 Å². The molecule has 1 aliphatic heterocycles. The van der Waals surface area contributed by atoms with Crippen LogP contribution in [0.15, 0.2) is 79.4 Å². The third kappa shape index (κ3) is 4.42. The Kier molecular flexibility index (Phi) is 5.71. The molecule has 2 heterocycles. The number of carbonyl (C=O) groups excluding carboxylic acids is 1. The third-order valence-corrected chi connectivity index (χ3v) is 5.46. The highest BCUT2D eigenvalue weighted by Crippen LogP contribution is 2.24. The van der Waals surface area contributed by atoms with Gasteiger partial charge in [-0.1, -0.05) is 60.7 Å². The van der Waals surface area contributed by atoms with Gasteiger partial charge in [-0.15, -0.1) is 0 Å². The number of benzene rings is 2. The number of nitrogens with one attached hydrogen (secondary N) is 1. The molecule has 2 aromatic carbocycles. The highest BCUT2D eigenvalue weighted by atomic mass is 16.2. The van der Waals surface area contributed by atoms with Crippen LogP contribution in [0.4, 0.5) is 4.79 Å². The lowest BCUT2D eigenvalue weighted by Gasteiger charge is -2.33. The van der Waals surface area contributed by atoms with E-state index in [-0.39, 0.29) is 12.1 Å². The minimum atomic E-state index is -0.140. The maximum absolute atomic E-state index is 13.0. The number of nitrogens with zero attached hydrogens (tertiary/aromatic N) is 3. The fourth-order valence-corrected chi connectivity index (χ4v) is 3.88. The molecule has 3 aromatic rings. The van der Waals surface area contributed by atoms with Gasteiger partial charge in [0.05, 0.1) is 12.4 Å². The number of urea groups is 1. The first-order valence-electron chi connectivity index (χ1n) is 9.90. The Balaban J connectivity index is 1.40. The number of piperidine rings is 1. The molecule has 0 radical (unpaired) electrons. The summed E-state index contributed by atoms with van der Waals surface area (Å²) in [4.78, 5) is 19.0. The van der Waals surface area contributed by atoms with Crippen molar-refractivity contribution in [2.45, 2.75) is 25.4 Å². The van der Waals surface area contributed by atoms with E-state index in [1.807, 2.05) is 60.0 Å². The number of hydrogen-bond donors (Lipinski definition) is 1. The maximum Gasteiger partial charge on any atom is 0.318 e. The summed E-state index contributed by atoms with van der Waals surface area (Å²) in [6.45, 7) is 2.56. The average Bonchev–Trinajstić information content (AvgIpc) is 3.27. The lowest BCUT2D eigenvalue weighted by Crippen LogP contribution is -2.46. The zero-order valence-corrected chi connectivity index (χ0v) is 15.9. The Bertz CT molecular complexity index is 817. The number of likely N-dealkylation sites (tertiary alicyclic amines) is 1. The molecule has 2 amide bonds. The highest BCUT2D eigenvalue weighted by molar-refractivity contribution is 5.75. The van der Waals surface area contributed by atoms with Crippen molar-refractivity contribution in [1.29, 1.82) is 0 Å². The first-order chi connectivity index (χ1) is 13.8. The molecule has 0 unspecified atom stereocenters. The first-order valence-corrected chi connectivity index (χ1v) is 9.90. The number of amides is 2. The van der Waals surface area contributed by atoms with Crippen LogP contribution in [0.25, 0.3) is 0 Å². The summed E-state index contributed by atoms with van der Waals surface area (Å²) in [7, 11) is 0. The number of imidazole rings is 1. The van der Waals surface area contributed by atoms with Crippen molar-refractivity contribution >= 4 is 6.03 Å². The molecule has 5 nitrogen and oxygen atoms in total. The molecular weight excluding hydrogens is 348 g/mol. The van der Waals surface area contributed by atoms with Gasteiger partial charge in [0.15, 0.2) is 0 Å². The smallest absolute Gasteiger partial charge is 0.318 e. The second-order valence-electron chi connectivity index (χ2n) is 7.39. The van der Waals surface area contributed by atoms with Gasteiger partial charge < -0.3 is 14.8 Å². The van der Waals surface area contributed by atoms with Crippen LogP contribution >= 0.6 is 0 Å². The van der Waals surface area contributed by atoms with Crippen LogP contribution in [0.5, 0.6) is 0 Å². The predicted octanol–water partition coefficient (Wildman–Crippen LogP) is 4.09. The fraction of sp³-hybridized carbons (Fsp3) is 0.304. The fourth-order valence-electron chi connectivity index (χ4n) is 3.88. The topological polar surface area (TPSA) is 50.2 Å². The van der Waals surface area contributed by atoms with Crippen molar-refractivity contribution in [2.75, 3.05) is 13.1 Å². The largest absolute Gasteiger partial charge is 0.337 e. The lowest BCUT2D eigenvalue weighted by atomic mass is 9.96. The van der Waals surface area contributed by atoms with Crippen molar-refractivity contribution in [3.63, 3.8) is 0 Å². The first kappa shape index (κ1) is 18.3. The average molecular weight is 374 g/mol. The minimum absolute atomic E-state index is 0.0128. The summed E-state index contributed by atoms with van der Waals surface area (Å²) < 4.78 is 2.13. The summed E-state index contributed by atoms with van der Waals surface area (Å²) in [5, 5.41) is 3.25. The minimum Gasteiger partial charge on any atom is -0.337 e. The van der Waals surface area contributed by atoms with Gasteiger partial charge in [0.25, 0.3) is 0 Å². The van der Waals surface area contributed by atoms with E-state index in [1.54, 1.807) is 0 Å². The number of rotatable bonds is 5. The Morgan fingerprint density at radius 1 is 1.00 bits per heavy atom. The van der Waals surface area contributed by atoms with E-state index in [1.165, 1.54) is 0 Å². The molecule has 144 valence electrons. The maximum atomic E-state index is 13.0. The van der Waals surface area contributed by atoms with Gasteiger partial charge in [0.1, 0.15) is 0 Å². The molecule has 0 atom stereocenters.